The lowest BCUT2D eigenvalue weighted by molar-refractivity contribution is -0.120. The monoisotopic (exact) mass is 240 g/mol. The Morgan fingerprint density at radius 1 is 1.13 bits per heavy atom. The van der Waals surface area contributed by atoms with Crippen molar-refractivity contribution in [3.8, 4) is 0 Å². The van der Waals surface area contributed by atoms with Crippen LogP contribution in [0, 0.1) is 0 Å². The van der Waals surface area contributed by atoms with Gasteiger partial charge in [-0.05, 0) is 13.8 Å². The Kier molecular flexibility index (Phi) is 7.95. The predicted octanol–water partition coefficient (Wildman–Crippen LogP) is 0.447. The highest BCUT2D eigenvalue weighted by Crippen LogP contribution is 2.02. The molecule has 0 unspecified atom stereocenters. The van der Waals surface area contributed by atoms with Crippen LogP contribution in [0.5, 0.6) is 0 Å². The van der Waals surface area contributed by atoms with Crippen LogP contribution < -0.4 is 0 Å². The van der Waals surface area contributed by atoms with Gasteiger partial charge in [0.1, 0.15) is 5.75 Å². The minimum Gasteiger partial charge on any atom is -0.384 e. The van der Waals surface area contributed by atoms with E-state index >= 15 is 0 Å². The summed E-state index contributed by atoms with van der Waals surface area (Å²) in [5.74, 6) is -0.113. The number of ether oxygens (including phenoxy) is 3. The first-order valence-corrected chi connectivity index (χ1v) is 6.80. The summed E-state index contributed by atoms with van der Waals surface area (Å²) in [4.78, 5) is 0. The summed E-state index contributed by atoms with van der Waals surface area (Å²) >= 11 is 0. The molecule has 6 heteroatoms. The van der Waals surface area contributed by atoms with Gasteiger partial charge in [0.25, 0.3) is 0 Å². The van der Waals surface area contributed by atoms with Crippen LogP contribution in [0.4, 0.5) is 0 Å². The van der Waals surface area contributed by atoms with Gasteiger partial charge in [-0.2, -0.15) is 0 Å². The fourth-order valence-electron chi connectivity index (χ4n) is 1.02. The summed E-state index contributed by atoms with van der Waals surface area (Å²) in [5.41, 5.74) is 0. The molecule has 0 saturated carbocycles. The van der Waals surface area contributed by atoms with Gasteiger partial charge in [-0.25, -0.2) is 8.42 Å². The van der Waals surface area contributed by atoms with Crippen molar-refractivity contribution in [1.82, 2.24) is 0 Å². The van der Waals surface area contributed by atoms with Crippen LogP contribution >= 0.6 is 0 Å². The zero-order valence-corrected chi connectivity index (χ0v) is 10.4. The molecule has 0 aliphatic carbocycles. The minimum atomic E-state index is -3.16. The second-order valence-corrected chi connectivity index (χ2v) is 5.18. The SMILES string of the molecule is CCOC(CS(=O)(=O)CCOC)OCC. The zero-order valence-electron chi connectivity index (χ0n) is 9.56. The van der Waals surface area contributed by atoms with Crippen LogP contribution in [0.3, 0.4) is 0 Å². The first-order chi connectivity index (χ1) is 7.05. The Bertz CT molecular complexity index is 231. The summed E-state index contributed by atoms with van der Waals surface area (Å²) in [6.07, 6.45) is -0.665. The van der Waals surface area contributed by atoms with Gasteiger partial charge in [0.05, 0.1) is 12.4 Å². The third-order valence-corrected chi connectivity index (χ3v) is 3.26. The van der Waals surface area contributed by atoms with Crippen LogP contribution in [0.2, 0.25) is 0 Å². The fourth-order valence-corrected chi connectivity index (χ4v) is 2.21. The molecule has 0 aliphatic heterocycles. The zero-order chi connectivity index (χ0) is 11.7. The second-order valence-electron chi connectivity index (χ2n) is 2.95. The van der Waals surface area contributed by atoms with Crippen molar-refractivity contribution in [1.29, 1.82) is 0 Å². The van der Waals surface area contributed by atoms with E-state index in [1.807, 2.05) is 0 Å². The third-order valence-electron chi connectivity index (χ3n) is 1.69. The fraction of sp³-hybridized carbons (Fsp3) is 1.00. The van der Waals surface area contributed by atoms with Gasteiger partial charge in [0, 0.05) is 20.3 Å². The van der Waals surface area contributed by atoms with E-state index in [0.29, 0.717) is 13.2 Å². The number of hydrogen-bond donors (Lipinski definition) is 0. The molecule has 0 heterocycles. The quantitative estimate of drug-likeness (QED) is 0.547. The Hall–Kier alpha value is -0.170. The number of rotatable bonds is 9. The van der Waals surface area contributed by atoms with E-state index in [2.05, 4.69) is 0 Å². The van der Waals surface area contributed by atoms with Gasteiger partial charge < -0.3 is 14.2 Å². The summed E-state index contributed by atoms with van der Waals surface area (Å²) in [5, 5.41) is 0. The average Bonchev–Trinajstić information content (AvgIpc) is 2.15. The Labute approximate surface area is 91.6 Å². The standard InChI is InChI=1S/C9H20O5S/c1-4-13-9(14-5-2)8-15(10,11)7-6-12-3/h9H,4-8H2,1-3H3. The van der Waals surface area contributed by atoms with Crippen LogP contribution in [0.1, 0.15) is 13.8 Å². The number of sulfone groups is 1. The number of hydrogen-bond acceptors (Lipinski definition) is 5. The van der Waals surface area contributed by atoms with Gasteiger partial charge in [-0.1, -0.05) is 0 Å². The molecule has 0 saturated heterocycles. The molecule has 15 heavy (non-hydrogen) atoms. The highest BCUT2D eigenvalue weighted by Gasteiger charge is 2.19. The molecule has 92 valence electrons. The van der Waals surface area contributed by atoms with Crippen molar-refractivity contribution >= 4 is 9.84 Å². The van der Waals surface area contributed by atoms with Crippen molar-refractivity contribution in [3.63, 3.8) is 0 Å². The van der Waals surface area contributed by atoms with E-state index in [-0.39, 0.29) is 18.1 Å². The molecule has 0 N–H and O–H groups in total. The van der Waals surface area contributed by atoms with Crippen LogP contribution in [-0.4, -0.2) is 53.1 Å². The lowest BCUT2D eigenvalue weighted by Crippen LogP contribution is -2.29. The summed E-state index contributed by atoms with van der Waals surface area (Å²) in [6, 6.07) is 0. The van der Waals surface area contributed by atoms with E-state index in [1.165, 1.54) is 7.11 Å². The molecular weight excluding hydrogens is 220 g/mol. The summed E-state index contributed by atoms with van der Waals surface area (Å²) < 4.78 is 38.0. The Morgan fingerprint density at radius 2 is 1.67 bits per heavy atom. The minimum absolute atomic E-state index is 0.000147. The summed E-state index contributed by atoms with van der Waals surface area (Å²) in [7, 11) is -1.69. The normalized spacial score (nSPS) is 12.3. The van der Waals surface area contributed by atoms with E-state index in [0.717, 1.165) is 0 Å². The molecule has 0 aromatic heterocycles. The van der Waals surface area contributed by atoms with Gasteiger partial charge in [-0.15, -0.1) is 0 Å². The maximum atomic E-state index is 11.5. The van der Waals surface area contributed by atoms with Crippen LogP contribution in [0.25, 0.3) is 0 Å². The van der Waals surface area contributed by atoms with Crippen molar-refractivity contribution in [2.75, 3.05) is 38.4 Å². The maximum absolute atomic E-state index is 11.5. The molecular formula is C9H20O5S. The van der Waals surface area contributed by atoms with E-state index in [9.17, 15) is 8.42 Å². The third kappa shape index (κ3) is 7.72. The molecule has 5 nitrogen and oxygen atoms in total. The average molecular weight is 240 g/mol. The molecule has 0 bridgehead atoms. The van der Waals surface area contributed by atoms with E-state index in [1.54, 1.807) is 13.8 Å². The smallest absolute Gasteiger partial charge is 0.171 e. The van der Waals surface area contributed by atoms with Crippen molar-refractivity contribution in [2.24, 2.45) is 0 Å². The maximum Gasteiger partial charge on any atom is 0.171 e. The van der Waals surface area contributed by atoms with Gasteiger partial charge in [0.2, 0.25) is 0 Å². The Balaban J connectivity index is 4.12. The van der Waals surface area contributed by atoms with Crippen LogP contribution in [0.15, 0.2) is 0 Å². The lowest BCUT2D eigenvalue weighted by Gasteiger charge is -2.16. The summed E-state index contributed by atoms with van der Waals surface area (Å²) in [6.45, 7) is 4.67. The molecule has 0 aliphatic rings. The Morgan fingerprint density at radius 3 is 2.07 bits per heavy atom. The molecule has 0 radical (unpaired) electrons. The highest BCUT2D eigenvalue weighted by molar-refractivity contribution is 7.91. The first-order valence-electron chi connectivity index (χ1n) is 4.98. The predicted molar refractivity (Wildman–Crippen MR) is 57.6 cm³/mol. The molecule has 0 aromatic carbocycles. The topological polar surface area (TPSA) is 61.8 Å². The van der Waals surface area contributed by atoms with Crippen molar-refractivity contribution < 1.29 is 22.6 Å². The van der Waals surface area contributed by atoms with E-state index in [4.69, 9.17) is 14.2 Å². The lowest BCUT2D eigenvalue weighted by atomic mass is 10.7. The molecule has 0 rings (SSSR count). The molecule has 0 fully saturated rings. The molecule has 0 aromatic rings. The van der Waals surface area contributed by atoms with Gasteiger partial charge in [0.15, 0.2) is 16.1 Å². The van der Waals surface area contributed by atoms with Crippen LogP contribution in [-0.2, 0) is 24.0 Å². The van der Waals surface area contributed by atoms with Crippen molar-refractivity contribution in [2.45, 2.75) is 20.1 Å². The van der Waals surface area contributed by atoms with Crippen molar-refractivity contribution in [3.05, 3.63) is 0 Å². The molecule has 0 amide bonds. The molecule has 0 spiro atoms. The largest absolute Gasteiger partial charge is 0.384 e. The highest BCUT2D eigenvalue weighted by atomic mass is 32.2. The first kappa shape index (κ1) is 14.8. The van der Waals surface area contributed by atoms with E-state index < -0.39 is 16.1 Å². The second kappa shape index (κ2) is 8.04. The number of methoxy groups -OCH3 is 1. The van der Waals surface area contributed by atoms with Gasteiger partial charge >= 0.3 is 0 Å². The van der Waals surface area contributed by atoms with Gasteiger partial charge in [-0.3, -0.25) is 0 Å². The molecule has 0 atom stereocenters.